The van der Waals surface area contributed by atoms with Gasteiger partial charge in [0.15, 0.2) is 5.17 Å². The van der Waals surface area contributed by atoms with E-state index in [1.54, 1.807) is 0 Å². The van der Waals surface area contributed by atoms with Gasteiger partial charge >= 0.3 is 0 Å². The summed E-state index contributed by atoms with van der Waals surface area (Å²) in [5, 5.41) is 4.04. The topological polar surface area (TPSA) is 41.5 Å². The zero-order valence-corrected chi connectivity index (χ0v) is 14.5. The van der Waals surface area contributed by atoms with E-state index >= 15 is 0 Å². The first-order valence-electron chi connectivity index (χ1n) is 7.39. The summed E-state index contributed by atoms with van der Waals surface area (Å²) in [5.74, 6) is -0.00226. The molecule has 5 heteroatoms. The number of amides is 1. The summed E-state index contributed by atoms with van der Waals surface area (Å²) >= 11 is 7.47. The van der Waals surface area contributed by atoms with E-state index in [1.807, 2.05) is 42.5 Å². The van der Waals surface area contributed by atoms with Crippen LogP contribution in [0.25, 0.3) is 0 Å². The molecule has 0 saturated carbocycles. The van der Waals surface area contributed by atoms with Gasteiger partial charge in [-0.3, -0.25) is 4.79 Å². The van der Waals surface area contributed by atoms with Crippen molar-refractivity contribution in [3.05, 3.63) is 64.2 Å². The molecule has 3 nitrogen and oxygen atoms in total. The lowest BCUT2D eigenvalue weighted by Gasteiger charge is -2.05. The monoisotopic (exact) mass is 344 g/mol. The van der Waals surface area contributed by atoms with Gasteiger partial charge in [-0.25, -0.2) is 4.99 Å². The number of aliphatic imine (C=N–C) groups is 1. The van der Waals surface area contributed by atoms with Crippen molar-refractivity contribution in [1.29, 1.82) is 0 Å². The highest BCUT2D eigenvalue weighted by molar-refractivity contribution is 8.15. The van der Waals surface area contributed by atoms with Gasteiger partial charge < -0.3 is 5.32 Å². The Morgan fingerprint density at radius 2 is 2.00 bits per heavy atom. The number of benzene rings is 2. The van der Waals surface area contributed by atoms with Gasteiger partial charge in [-0.05, 0) is 61.2 Å². The molecule has 0 unspecified atom stereocenters. The Bertz CT molecular complexity index is 788. The van der Waals surface area contributed by atoms with Gasteiger partial charge in [0.25, 0.3) is 0 Å². The Balaban J connectivity index is 1.74. The Hall–Kier alpha value is -1.78. The second-order valence-electron chi connectivity index (χ2n) is 5.62. The molecule has 2 aromatic carbocycles. The molecule has 0 aromatic heterocycles. The van der Waals surface area contributed by atoms with E-state index in [1.165, 1.54) is 22.9 Å². The zero-order chi connectivity index (χ0) is 16.4. The Morgan fingerprint density at radius 3 is 2.74 bits per heavy atom. The fraction of sp³-hybridized carbons (Fsp3) is 0.222. The predicted molar refractivity (Wildman–Crippen MR) is 97.7 cm³/mol. The molecule has 118 valence electrons. The van der Waals surface area contributed by atoms with Crippen molar-refractivity contribution in [2.45, 2.75) is 25.5 Å². The SMILES string of the molecule is Cc1ccc(N=C2NC(=O)[C@H](Cc3cccc(Cl)c3)S2)cc1C. The molecule has 1 N–H and O–H groups in total. The fourth-order valence-corrected chi connectivity index (χ4v) is 3.62. The van der Waals surface area contributed by atoms with Crippen LogP contribution in [-0.4, -0.2) is 16.3 Å². The van der Waals surface area contributed by atoms with E-state index in [4.69, 9.17) is 11.6 Å². The van der Waals surface area contributed by atoms with E-state index in [0.717, 1.165) is 11.3 Å². The molecule has 1 fully saturated rings. The van der Waals surface area contributed by atoms with Crippen molar-refractivity contribution in [3.63, 3.8) is 0 Å². The van der Waals surface area contributed by atoms with E-state index in [2.05, 4.69) is 24.2 Å². The molecule has 3 rings (SSSR count). The average Bonchev–Trinajstić information content (AvgIpc) is 2.83. The predicted octanol–water partition coefficient (Wildman–Crippen LogP) is 4.42. The molecule has 0 radical (unpaired) electrons. The van der Waals surface area contributed by atoms with Crippen LogP contribution in [0.2, 0.25) is 5.02 Å². The standard InChI is InChI=1S/C18H17ClN2OS/c1-11-6-7-15(8-12(11)2)20-18-21-17(22)16(23-18)10-13-4-3-5-14(19)9-13/h3-9,16H,10H2,1-2H3,(H,20,21,22)/t16-/m0/s1. The summed E-state index contributed by atoms with van der Waals surface area (Å²) < 4.78 is 0. The van der Waals surface area contributed by atoms with Crippen LogP contribution in [-0.2, 0) is 11.2 Å². The number of nitrogens with zero attached hydrogens (tertiary/aromatic N) is 1. The van der Waals surface area contributed by atoms with Crippen LogP contribution in [0.3, 0.4) is 0 Å². The zero-order valence-electron chi connectivity index (χ0n) is 13.0. The summed E-state index contributed by atoms with van der Waals surface area (Å²) in [7, 11) is 0. The quantitative estimate of drug-likeness (QED) is 0.895. The number of thioether (sulfide) groups is 1. The van der Waals surface area contributed by atoms with Crippen molar-refractivity contribution >= 4 is 40.1 Å². The number of hydrogen-bond donors (Lipinski definition) is 1. The lowest BCUT2D eigenvalue weighted by Crippen LogP contribution is -2.25. The number of amidine groups is 1. The van der Waals surface area contributed by atoms with Crippen LogP contribution in [0, 0.1) is 13.8 Å². The molecule has 1 aliphatic rings. The van der Waals surface area contributed by atoms with Crippen LogP contribution in [0.4, 0.5) is 5.69 Å². The third-order valence-corrected chi connectivity index (χ3v) is 5.12. The maximum Gasteiger partial charge on any atom is 0.239 e. The summed E-state index contributed by atoms with van der Waals surface area (Å²) in [6.45, 7) is 4.13. The van der Waals surface area contributed by atoms with E-state index in [0.29, 0.717) is 16.6 Å². The van der Waals surface area contributed by atoms with Gasteiger partial charge in [-0.15, -0.1) is 0 Å². The molecule has 23 heavy (non-hydrogen) atoms. The highest BCUT2D eigenvalue weighted by Crippen LogP contribution is 2.27. The molecule has 0 spiro atoms. The molecule has 1 amide bonds. The number of hydrogen-bond acceptors (Lipinski definition) is 3. The van der Waals surface area contributed by atoms with Crippen LogP contribution < -0.4 is 5.32 Å². The summed E-state index contributed by atoms with van der Waals surface area (Å²) in [6.07, 6.45) is 0.642. The van der Waals surface area contributed by atoms with E-state index in [-0.39, 0.29) is 11.2 Å². The van der Waals surface area contributed by atoms with Gasteiger partial charge in [0, 0.05) is 5.02 Å². The Morgan fingerprint density at radius 1 is 1.17 bits per heavy atom. The lowest BCUT2D eigenvalue weighted by atomic mass is 10.1. The smallest absolute Gasteiger partial charge is 0.239 e. The Kier molecular flexibility index (Phi) is 4.74. The molecule has 1 saturated heterocycles. The van der Waals surface area contributed by atoms with Crippen molar-refractivity contribution in [2.75, 3.05) is 0 Å². The number of nitrogens with one attached hydrogen (secondary N) is 1. The molecule has 0 bridgehead atoms. The van der Waals surface area contributed by atoms with Crippen LogP contribution in [0.5, 0.6) is 0 Å². The van der Waals surface area contributed by atoms with E-state index in [9.17, 15) is 4.79 Å². The third kappa shape index (κ3) is 3.95. The average molecular weight is 345 g/mol. The molecular weight excluding hydrogens is 328 g/mol. The van der Waals surface area contributed by atoms with E-state index < -0.39 is 0 Å². The molecule has 2 aromatic rings. The first kappa shape index (κ1) is 16.1. The number of rotatable bonds is 3. The number of aryl methyl sites for hydroxylation is 2. The maximum atomic E-state index is 12.1. The minimum absolute atomic E-state index is 0.00226. The second-order valence-corrected chi connectivity index (χ2v) is 7.24. The maximum absolute atomic E-state index is 12.1. The van der Waals surface area contributed by atoms with Gasteiger partial charge in [0.1, 0.15) is 0 Å². The van der Waals surface area contributed by atoms with Gasteiger partial charge in [-0.2, -0.15) is 0 Å². The molecule has 0 aliphatic carbocycles. The minimum Gasteiger partial charge on any atom is -0.304 e. The number of carbonyl (C=O) groups is 1. The fourth-order valence-electron chi connectivity index (χ4n) is 2.38. The molecule has 1 heterocycles. The molecule has 1 aliphatic heterocycles. The highest BCUT2D eigenvalue weighted by Gasteiger charge is 2.30. The van der Waals surface area contributed by atoms with Crippen molar-refractivity contribution in [2.24, 2.45) is 4.99 Å². The second kappa shape index (κ2) is 6.77. The van der Waals surface area contributed by atoms with Gasteiger partial charge in [0.05, 0.1) is 10.9 Å². The first-order valence-corrected chi connectivity index (χ1v) is 8.65. The number of halogens is 1. The van der Waals surface area contributed by atoms with Gasteiger partial charge in [-0.1, -0.05) is 41.6 Å². The molecule has 1 atom stereocenters. The summed E-state index contributed by atoms with van der Waals surface area (Å²) in [6, 6.07) is 13.6. The third-order valence-electron chi connectivity index (χ3n) is 3.81. The molecular formula is C18H17ClN2OS. The van der Waals surface area contributed by atoms with Crippen LogP contribution in [0.15, 0.2) is 47.5 Å². The Labute approximate surface area is 145 Å². The summed E-state index contributed by atoms with van der Waals surface area (Å²) in [5.41, 5.74) is 4.34. The summed E-state index contributed by atoms with van der Waals surface area (Å²) in [4.78, 5) is 16.7. The van der Waals surface area contributed by atoms with Crippen molar-refractivity contribution in [3.8, 4) is 0 Å². The van der Waals surface area contributed by atoms with Crippen LogP contribution in [0.1, 0.15) is 16.7 Å². The number of carbonyl (C=O) groups excluding carboxylic acids is 1. The van der Waals surface area contributed by atoms with Crippen molar-refractivity contribution in [1.82, 2.24) is 5.32 Å². The normalized spacial score (nSPS) is 19.2. The first-order chi connectivity index (χ1) is 11.0. The van der Waals surface area contributed by atoms with Gasteiger partial charge in [0.2, 0.25) is 5.91 Å². The lowest BCUT2D eigenvalue weighted by molar-refractivity contribution is -0.118. The largest absolute Gasteiger partial charge is 0.304 e. The minimum atomic E-state index is -0.168. The van der Waals surface area contributed by atoms with Crippen LogP contribution >= 0.6 is 23.4 Å². The van der Waals surface area contributed by atoms with Crippen molar-refractivity contribution < 1.29 is 4.79 Å². The highest BCUT2D eigenvalue weighted by atomic mass is 35.5.